The number of hydrogen-bond donors (Lipinski definition) is 0. The molecular weight excluding hydrogens is 567 g/mol. The second-order valence-corrected chi connectivity index (χ2v) is 13.9. The first kappa shape index (κ1) is 30.1. The van der Waals surface area contributed by atoms with Gasteiger partial charge in [0.1, 0.15) is 0 Å². The van der Waals surface area contributed by atoms with E-state index in [0.717, 1.165) is 25.7 Å². The summed E-state index contributed by atoms with van der Waals surface area (Å²) in [5.41, 5.74) is 19.2. The van der Waals surface area contributed by atoms with Crippen LogP contribution in [-0.2, 0) is 25.7 Å². The molecule has 0 atom stereocenters. The third-order valence-electron chi connectivity index (χ3n) is 11.3. The van der Waals surface area contributed by atoms with E-state index in [0.29, 0.717) is 5.92 Å². The molecule has 0 aromatic heterocycles. The predicted octanol–water partition coefficient (Wildman–Crippen LogP) is 10.1. The molecule has 5 aromatic carbocycles. The van der Waals surface area contributed by atoms with Crippen LogP contribution in [0.2, 0.25) is 0 Å². The van der Waals surface area contributed by atoms with Crippen LogP contribution in [0, 0.1) is 0 Å². The Labute approximate surface area is 282 Å². The van der Waals surface area contributed by atoms with Crippen molar-refractivity contribution in [2.45, 2.75) is 91.4 Å². The van der Waals surface area contributed by atoms with Crippen molar-refractivity contribution in [3.8, 4) is 0 Å². The standard InChI is InChI=1S/C44H47BN2/c1-5-30-14-20-36(21-15-30)46-40-24-18-32(7-3)26-38(40)45-39-27-33(8-4)19-25-41(39)47(37-22-16-31(6-2)17-23-37)43-29-35(28-42(46)44(43)45)34-12-10-9-11-13-34/h14-29,34H,5-13H2,1-4H3. The largest absolute Gasteiger partial charge is 0.311 e. The zero-order valence-corrected chi connectivity index (χ0v) is 28.7. The van der Waals surface area contributed by atoms with Crippen LogP contribution >= 0.6 is 0 Å². The van der Waals surface area contributed by atoms with Gasteiger partial charge in [-0.1, -0.05) is 95.5 Å². The minimum atomic E-state index is 0.181. The third kappa shape index (κ3) is 5.10. The molecule has 3 heteroatoms. The first-order valence-corrected chi connectivity index (χ1v) is 18.3. The Morgan fingerprint density at radius 2 is 0.915 bits per heavy atom. The van der Waals surface area contributed by atoms with E-state index in [4.69, 9.17) is 0 Å². The zero-order chi connectivity index (χ0) is 32.1. The molecule has 2 heterocycles. The summed E-state index contributed by atoms with van der Waals surface area (Å²) in [5.74, 6) is 0.602. The lowest BCUT2D eigenvalue weighted by Gasteiger charge is -2.45. The Hall–Kier alpha value is -4.24. The average molecular weight is 615 g/mol. The third-order valence-corrected chi connectivity index (χ3v) is 11.3. The van der Waals surface area contributed by atoms with Crippen molar-refractivity contribution >= 4 is 57.2 Å². The van der Waals surface area contributed by atoms with Crippen LogP contribution in [0.15, 0.2) is 97.1 Å². The van der Waals surface area contributed by atoms with Crippen molar-refractivity contribution in [3.05, 3.63) is 125 Å². The number of rotatable bonds is 7. The van der Waals surface area contributed by atoms with Gasteiger partial charge in [0.15, 0.2) is 0 Å². The molecule has 2 nitrogen and oxygen atoms in total. The molecule has 5 aromatic rings. The van der Waals surface area contributed by atoms with Gasteiger partial charge < -0.3 is 9.80 Å². The van der Waals surface area contributed by atoms with E-state index in [-0.39, 0.29) is 6.71 Å². The van der Waals surface area contributed by atoms with E-state index in [9.17, 15) is 0 Å². The summed E-state index contributed by atoms with van der Waals surface area (Å²) in [6.07, 6.45) is 10.7. The van der Waals surface area contributed by atoms with Crippen LogP contribution in [0.5, 0.6) is 0 Å². The monoisotopic (exact) mass is 614 g/mol. The molecule has 0 radical (unpaired) electrons. The van der Waals surface area contributed by atoms with Gasteiger partial charge in [0, 0.05) is 34.1 Å². The highest BCUT2D eigenvalue weighted by Crippen LogP contribution is 2.47. The van der Waals surface area contributed by atoms with Gasteiger partial charge in [-0.25, -0.2) is 0 Å². The first-order chi connectivity index (χ1) is 23.1. The lowest BCUT2D eigenvalue weighted by Crippen LogP contribution is -2.61. The fourth-order valence-corrected chi connectivity index (χ4v) is 8.55. The highest BCUT2D eigenvalue weighted by atomic mass is 15.2. The van der Waals surface area contributed by atoms with Crippen LogP contribution in [0.3, 0.4) is 0 Å². The van der Waals surface area contributed by atoms with E-state index < -0.39 is 0 Å². The SMILES string of the molecule is CCc1ccc(N2c3ccc(CC)cc3B3c4cc(CC)ccc4N(c4ccc(CC)cc4)c4cc(C5CCCCC5)cc2c43)cc1. The summed E-state index contributed by atoms with van der Waals surface area (Å²) in [6.45, 7) is 9.24. The van der Waals surface area contributed by atoms with E-state index in [1.54, 1.807) is 0 Å². The Morgan fingerprint density at radius 3 is 1.34 bits per heavy atom. The average Bonchev–Trinajstić information content (AvgIpc) is 3.14. The molecule has 2 aliphatic heterocycles. The predicted molar refractivity (Wildman–Crippen MR) is 204 cm³/mol. The van der Waals surface area contributed by atoms with Gasteiger partial charge in [0.05, 0.1) is 0 Å². The second kappa shape index (κ2) is 12.4. The van der Waals surface area contributed by atoms with Crippen molar-refractivity contribution in [2.24, 2.45) is 0 Å². The van der Waals surface area contributed by atoms with Gasteiger partial charge in [-0.05, 0) is 137 Å². The van der Waals surface area contributed by atoms with Gasteiger partial charge in [-0.15, -0.1) is 0 Å². The molecule has 0 bridgehead atoms. The highest BCUT2D eigenvalue weighted by Gasteiger charge is 2.44. The minimum absolute atomic E-state index is 0.181. The molecule has 47 heavy (non-hydrogen) atoms. The van der Waals surface area contributed by atoms with Gasteiger partial charge in [0.2, 0.25) is 0 Å². The Balaban J connectivity index is 1.46. The van der Waals surface area contributed by atoms with Gasteiger partial charge in [-0.2, -0.15) is 0 Å². The van der Waals surface area contributed by atoms with E-state index in [1.807, 2.05) is 0 Å². The Bertz CT molecular complexity index is 1790. The molecule has 1 fully saturated rings. The zero-order valence-electron chi connectivity index (χ0n) is 28.7. The topological polar surface area (TPSA) is 6.48 Å². The number of aryl methyl sites for hydroxylation is 4. The number of anilines is 6. The van der Waals surface area contributed by atoms with Gasteiger partial charge >= 0.3 is 0 Å². The van der Waals surface area contributed by atoms with Crippen LogP contribution in [0.25, 0.3) is 0 Å². The van der Waals surface area contributed by atoms with Crippen molar-refractivity contribution in [1.82, 2.24) is 0 Å². The molecule has 8 rings (SSSR count). The maximum absolute atomic E-state index is 2.60. The fraction of sp³-hybridized carbons (Fsp3) is 0.318. The summed E-state index contributed by atoms with van der Waals surface area (Å²) in [5, 5.41) is 0. The van der Waals surface area contributed by atoms with Crippen molar-refractivity contribution in [1.29, 1.82) is 0 Å². The number of benzene rings is 5. The molecule has 0 N–H and O–H groups in total. The van der Waals surface area contributed by atoms with Crippen molar-refractivity contribution in [2.75, 3.05) is 9.80 Å². The minimum Gasteiger partial charge on any atom is -0.311 e. The first-order valence-electron chi connectivity index (χ1n) is 18.3. The summed E-state index contributed by atoms with van der Waals surface area (Å²) in [6, 6.07) is 38.5. The quantitative estimate of drug-likeness (QED) is 0.165. The number of fused-ring (bicyclic) bond motifs is 4. The molecule has 0 saturated heterocycles. The van der Waals surface area contributed by atoms with Crippen molar-refractivity contribution in [3.63, 3.8) is 0 Å². The molecule has 236 valence electrons. The van der Waals surface area contributed by atoms with Crippen molar-refractivity contribution < 1.29 is 0 Å². The smallest absolute Gasteiger partial charge is 0.252 e. The summed E-state index contributed by atoms with van der Waals surface area (Å²) in [7, 11) is 0. The maximum atomic E-state index is 2.60. The molecule has 0 amide bonds. The van der Waals surface area contributed by atoms with Gasteiger partial charge in [0.25, 0.3) is 6.71 Å². The van der Waals surface area contributed by atoms with E-state index in [1.165, 1.54) is 110 Å². The lowest BCUT2D eigenvalue weighted by molar-refractivity contribution is 0.444. The molecule has 3 aliphatic rings. The fourth-order valence-electron chi connectivity index (χ4n) is 8.55. The second-order valence-electron chi connectivity index (χ2n) is 13.9. The van der Waals surface area contributed by atoms with E-state index >= 15 is 0 Å². The van der Waals surface area contributed by atoms with E-state index in [2.05, 4.69) is 135 Å². The Kier molecular flexibility index (Phi) is 7.96. The summed E-state index contributed by atoms with van der Waals surface area (Å²) < 4.78 is 0. The molecule has 1 aliphatic carbocycles. The molecule has 0 unspecified atom stereocenters. The normalized spacial score (nSPS) is 15.4. The summed E-state index contributed by atoms with van der Waals surface area (Å²) >= 11 is 0. The maximum Gasteiger partial charge on any atom is 0.252 e. The van der Waals surface area contributed by atoms with Crippen LogP contribution in [0.4, 0.5) is 34.1 Å². The molecule has 1 saturated carbocycles. The summed E-state index contributed by atoms with van der Waals surface area (Å²) in [4.78, 5) is 5.20. The molecular formula is C44H47BN2. The van der Waals surface area contributed by atoms with Gasteiger partial charge in [-0.3, -0.25) is 0 Å². The lowest BCUT2D eigenvalue weighted by atomic mass is 9.33. The number of hydrogen-bond acceptors (Lipinski definition) is 2. The van der Waals surface area contributed by atoms with Crippen LogP contribution in [-0.4, -0.2) is 6.71 Å². The number of nitrogens with zero attached hydrogens (tertiary/aromatic N) is 2. The highest BCUT2D eigenvalue weighted by molar-refractivity contribution is 7.00. The van der Waals surface area contributed by atoms with Crippen LogP contribution in [0.1, 0.15) is 93.5 Å². The van der Waals surface area contributed by atoms with Crippen LogP contribution < -0.4 is 26.2 Å². The Morgan fingerprint density at radius 1 is 0.489 bits per heavy atom. The molecule has 0 spiro atoms.